The van der Waals surface area contributed by atoms with Crippen molar-refractivity contribution in [1.29, 1.82) is 0 Å². The first-order valence-corrected chi connectivity index (χ1v) is 17.1. The van der Waals surface area contributed by atoms with Crippen molar-refractivity contribution < 1.29 is 37.1 Å². The molecule has 0 amide bonds. The minimum atomic E-state index is -3.80. The van der Waals surface area contributed by atoms with Crippen molar-refractivity contribution in [2.75, 3.05) is 25.5 Å². The Bertz CT molecular complexity index is 1840. The van der Waals surface area contributed by atoms with E-state index in [2.05, 4.69) is 0 Å². The summed E-state index contributed by atoms with van der Waals surface area (Å²) in [5.41, 5.74) is 1.36. The molecule has 10 nitrogen and oxygen atoms in total. The zero-order valence-corrected chi connectivity index (χ0v) is 26.5. The number of esters is 2. The molecule has 1 fully saturated rings. The third-order valence-electron chi connectivity index (χ3n) is 8.75. The second kappa shape index (κ2) is 13.5. The van der Waals surface area contributed by atoms with Gasteiger partial charge in [-0.15, -0.1) is 0 Å². The van der Waals surface area contributed by atoms with E-state index >= 15 is 0 Å². The van der Waals surface area contributed by atoms with Crippen LogP contribution < -0.4 is 0 Å². The molecule has 0 saturated carbocycles. The smallest absolute Gasteiger partial charge is 0.338 e. The van der Waals surface area contributed by atoms with E-state index in [1.807, 2.05) is 35.2 Å². The predicted octanol–water partition coefficient (Wildman–Crippen LogP) is 3.40. The number of rotatable bonds is 12. The number of sulfone groups is 1. The van der Waals surface area contributed by atoms with Crippen molar-refractivity contribution in [2.45, 2.75) is 36.5 Å². The quantitative estimate of drug-likeness (QED) is 0.163. The summed E-state index contributed by atoms with van der Waals surface area (Å²) in [7, 11) is -3.80. The number of ketones is 2. The van der Waals surface area contributed by atoms with Gasteiger partial charge in [0.15, 0.2) is 15.6 Å². The Labute approximate surface area is 273 Å². The average Bonchev–Trinajstić information content (AvgIpc) is 3.63. The van der Waals surface area contributed by atoms with Gasteiger partial charge in [0.2, 0.25) is 5.78 Å². The van der Waals surface area contributed by atoms with Crippen LogP contribution in [0, 0.1) is 5.92 Å². The molecule has 2 aliphatic heterocycles. The zero-order chi connectivity index (χ0) is 33.1. The summed E-state index contributed by atoms with van der Waals surface area (Å²) in [5.74, 6) is -3.72. The van der Waals surface area contributed by atoms with E-state index in [1.165, 1.54) is 12.1 Å². The summed E-state index contributed by atoms with van der Waals surface area (Å²) in [6.07, 6.45) is 2.29. The molecule has 0 aromatic heterocycles. The van der Waals surface area contributed by atoms with Crippen molar-refractivity contribution in [3.05, 3.63) is 126 Å². The number of benzene rings is 3. The molecule has 11 heteroatoms. The predicted molar refractivity (Wildman–Crippen MR) is 172 cm³/mol. The van der Waals surface area contributed by atoms with Crippen molar-refractivity contribution >= 4 is 33.3 Å². The second-order valence-corrected chi connectivity index (χ2v) is 13.7. The lowest BCUT2D eigenvalue weighted by atomic mass is 9.86. The maximum absolute atomic E-state index is 13.7. The lowest BCUT2D eigenvalue weighted by Gasteiger charge is -2.31. The number of carbonyl (C=O) groups excluding carboxylic acids is 4. The van der Waals surface area contributed by atoms with Crippen LogP contribution in [0.1, 0.15) is 22.8 Å². The first kappa shape index (κ1) is 32.1. The zero-order valence-electron chi connectivity index (χ0n) is 25.7. The largest absolute Gasteiger partial charge is 0.465 e. The summed E-state index contributed by atoms with van der Waals surface area (Å²) in [5, 5.41) is 0. The summed E-state index contributed by atoms with van der Waals surface area (Å²) in [6.45, 7) is 1.93. The lowest BCUT2D eigenvalue weighted by Crippen LogP contribution is -2.46. The van der Waals surface area contributed by atoms with Crippen LogP contribution >= 0.6 is 0 Å². The number of allylic oxidation sites excluding steroid dienone is 2. The van der Waals surface area contributed by atoms with E-state index in [-0.39, 0.29) is 41.7 Å². The van der Waals surface area contributed by atoms with Gasteiger partial charge in [0.25, 0.3) is 0 Å². The Morgan fingerprint density at radius 3 is 2.06 bits per heavy atom. The van der Waals surface area contributed by atoms with E-state index in [4.69, 9.17) is 9.47 Å². The first-order valence-electron chi connectivity index (χ1n) is 15.4. The molecule has 3 aliphatic rings. The standard InChI is InChI=1S/C36H34N2O8S/c1-2-45-36(42)31-30-28(39)18-19-29(40)33(30)37(20-21-47(43,44)26-16-10-5-11-17-26)34(31)32-27(38(32)22-24-12-6-3-7-13-24)23-46-35(41)25-14-8-4-9-15-25/h3-19,27,31-32,34H,2,20-23H2,1H3/t27-,31?,32-,34?,38?/m0/s1. The Morgan fingerprint density at radius 2 is 1.40 bits per heavy atom. The summed E-state index contributed by atoms with van der Waals surface area (Å²) in [4.78, 5) is 57.2. The van der Waals surface area contributed by atoms with Crippen molar-refractivity contribution in [2.24, 2.45) is 5.92 Å². The van der Waals surface area contributed by atoms with E-state index < -0.39 is 57.4 Å². The number of hydrogen-bond donors (Lipinski definition) is 0. The lowest BCUT2D eigenvalue weighted by molar-refractivity contribution is -0.148. The van der Waals surface area contributed by atoms with E-state index in [0.717, 1.165) is 17.7 Å². The van der Waals surface area contributed by atoms with Gasteiger partial charge in [-0.1, -0.05) is 66.7 Å². The van der Waals surface area contributed by atoms with E-state index in [9.17, 15) is 27.6 Å². The molecular weight excluding hydrogens is 620 g/mol. The van der Waals surface area contributed by atoms with Crippen LogP contribution in [0.5, 0.6) is 0 Å². The Hall–Kier alpha value is -4.87. The van der Waals surface area contributed by atoms with Crippen LogP contribution in [0.25, 0.3) is 0 Å². The molecule has 0 bridgehead atoms. The fraction of sp³-hybridized carbons (Fsp3) is 0.278. The summed E-state index contributed by atoms with van der Waals surface area (Å²) < 4.78 is 38.1. The average molecular weight is 655 g/mol. The fourth-order valence-corrected chi connectivity index (χ4v) is 7.81. The topological polar surface area (TPSA) is 127 Å². The molecule has 47 heavy (non-hydrogen) atoms. The number of ether oxygens (including phenoxy) is 2. The molecule has 6 rings (SSSR count). The number of hydrogen-bond acceptors (Lipinski definition) is 10. The maximum atomic E-state index is 13.7. The highest BCUT2D eigenvalue weighted by molar-refractivity contribution is 7.91. The molecule has 3 unspecified atom stereocenters. The summed E-state index contributed by atoms with van der Waals surface area (Å²) in [6, 6.07) is 24.4. The number of nitrogens with zero attached hydrogens (tertiary/aromatic N) is 2. The van der Waals surface area contributed by atoms with Crippen molar-refractivity contribution in [3.63, 3.8) is 0 Å². The minimum Gasteiger partial charge on any atom is -0.465 e. The molecule has 1 aliphatic carbocycles. The molecule has 5 atom stereocenters. The van der Waals surface area contributed by atoms with Gasteiger partial charge in [0.05, 0.1) is 46.6 Å². The molecule has 0 N–H and O–H groups in total. The molecule has 3 aromatic carbocycles. The minimum absolute atomic E-state index is 0.00431. The first-order chi connectivity index (χ1) is 22.7. The highest BCUT2D eigenvalue weighted by Gasteiger charge is 2.62. The molecule has 1 saturated heterocycles. The molecule has 242 valence electrons. The molecule has 2 heterocycles. The molecule has 0 radical (unpaired) electrons. The van der Waals surface area contributed by atoms with Crippen LogP contribution in [-0.2, 0) is 40.2 Å². The third-order valence-corrected chi connectivity index (χ3v) is 10.5. The third kappa shape index (κ3) is 6.54. The van der Waals surface area contributed by atoms with Crippen molar-refractivity contribution in [3.8, 4) is 0 Å². The van der Waals surface area contributed by atoms with Gasteiger partial charge in [-0.25, -0.2) is 13.2 Å². The van der Waals surface area contributed by atoms with Gasteiger partial charge in [-0.2, -0.15) is 0 Å². The normalized spacial score (nSPS) is 23.4. The van der Waals surface area contributed by atoms with Gasteiger partial charge in [0.1, 0.15) is 12.5 Å². The van der Waals surface area contributed by atoms with Crippen LogP contribution in [-0.4, -0.2) is 85.4 Å². The molecule has 0 spiro atoms. The highest BCUT2D eigenvalue weighted by Crippen LogP contribution is 2.47. The molecular formula is C36H34N2O8S. The monoisotopic (exact) mass is 654 g/mol. The van der Waals surface area contributed by atoms with Crippen LogP contribution in [0.3, 0.4) is 0 Å². The maximum Gasteiger partial charge on any atom is 0.338 e. The Balaban J connectivity index is 1.37. The van der Waals surface area contributed by atoms with Gasteiger partial charge in [0, 0.05) is 18.7 Å². The van der Waals surface area contributed by atoms with Gasteiger partial charge < -0.3 is 14.4 Å². The highest BCUT2D eigenvalue weighted by atomic mass is 32.2. The van der Waals surface area contributed by atoms with Crippen molar-refractivity contribution in [1.82, 2.24) is 9.80 Å². The van der Waals surface area contributed by atoms with Crippen LogP contribution in [0.15, 0.2) is 119 Å². The van der Waals surface area contributed by atoms with Crippen LogP contribution in [0.2, 0.25) is 0 Å². The second-order valence-electron chi connectivity index (χ2n) is 11.6. The summed E-state index contributed by atoms with van der Waals surface area (Å²) >= 11 is 0. The van der Waals surface area contributed by atoms with Gasteiger partial charge >= 0.3 is 11.9 Å². The molecule has 3 aromatic rings. The van der Waals surface area contributed by atoms with Crippen LogP contribution in [0.4, 0.5) is 0 Å². The number of carbonyl (C=O) groups is 4. The SMILES string of the molecule is CCOC(=O)C1C2=C(C(=O)C=CC2=O)N(CCS(=O)(=O)c2ccccc2)C1[C@@H]1[C@H](COC(=O)c2ccccc2)N1Cc1ccccc1. The van der Waals surface area contributed by atoms with Gasteiger partial charge in [-0.05, 0) is 48.9 Å². The van der Waals surface area contributed by atoms with E-state index in [1.54, 1.807) is 60.4 Å². The van der Waals surface area contributed by atoms with Gasteiger partial charge in [-0.3, -0.25) is 19.3 Å². The Kier molecular flexibility index (Phi) is 9.19. The Morgan fingerprint density at radius 1 is 0.787 bits per heavy atom. The fourth-order valence-electron chi connectivity index (χ4n) is 6.57. The van der Waals surface area contributed by atoms with E-state index in [0.29, 0.717) is 12.1 Å².